The minimum absolute atomic E-state index is 0.0205. The molecule has 0 unspecified atom stereocenters. The van der Waals surface area contributed by atoms with Gasteiger partial charge in [0.25, 0.3) is 0 Å². The Labute approximate surface area is 242 Å². The third-order valence-electron chi connectivity index (χ3n) is 9.25. The summed E-state index contributed by atoms with van der Waals surface area (Å²) in [5.41, 5.74) is 13.1. The van der Waals surface area contributed by atoms with Gasteiger partial charge in [-0.05, 0) is 45.5 Å². The van der Waals surface area contributed by atoms with E-state index in [1.54, 1.807) is 0 Å². The highest BCUT2D eigenvalue weighted by atomic mass is 32.1. The van der Waals surface area contributed by atoms with E-state index in [-0.39, 0.29) is 5.41 Å². The minimum atomic E-state index is 0.0205. The number of fused-ring (bicyclic) bond motifs is 9. The van der Waals surface area contributed by atoms with E-state index >= 15 is 0 Å². The molecule has 0 saturated carbocycles. The summed E-state index contributed by atoms with van der Waals surface area (Å²) in [7, 11) is 0. The van der Waals surface area contributed by atoms with Gasteiger partial charge >= 0.3 is 0 Å². The maximum Gasteiger partial charge on any atom is 0.0545 e. The molecule has 2 aromatic heterocycles. The number of hydrogen-bond donors (Lipinski definition) is 1. The zero-order valence-electron chi connectivity index (χ0n) is 23.0. The predicted molar refractivity (Wildman–Crippen MR) is 177 cm³/mol. The van der Waals surface area contributed by atoms with Crippen molar-refractivity contribution in [3.05, 3.63) is 132 Å². The van der Waals surface area contributed by atoms with Crippen LogP contribution in [0.25, 0.3) is 75.4 Å². The quantitative estimate of drug-likeness (QED) is 0.224. The number of aromatic nitrogens is 1. The lowest BCUT2D eigenvalue weighted by molar-refractivity contribution is 0.660. The minimum Gasteiger partial charge on any atom is -0.354 e. The first-order chi connectivity index (χ1) is 20.1. The lowest BCUT2D eigenvalue weighted by atomic mass is 9.82. The number of para-hydroxylation sites is 2. The molecule has 0 bridgehead atoms. The Hall–Kier alpha value is -4.66. The van der Waals surface area contributed by atoms with Gasteiger partial charge in [0.05, 0.1) is 5.52 Å². The predicted octanol–water partition coefficient (Wildman–Crippen LogP) is 11.3. The van der Waals surface area contributed by atoms with Crippen molar-refractivity contribution in [2.24, 2.45) is 0 Å². The fraction of sp³-hybridized carbons (Fsp3) is 0.0769. The molecular formula is C39H27NS. The van der Waals surface area contributed by atoms with Crippen LogP contribution in [0.3, 0.4) is 0 Å². The molecule has 0 atom stereocenters. The van der Waals surface area contributed by atoms with Gasteiger partial charge in [0, 0.05) is 53.0 Å². The second-order valence-corrected chi connectivity index (χ2v) is 12.8. The van der Waals surface area contributed by atoms with Crippen LogP contribution in [0.4, 0.5) is 0 Å². The molecule has 0 spiro atoms. The van der Waals surface area contributed by atoms with Crippen molar-refractivity contribution < 1.29 is 0 Å². The van der Waals surface area contributed by atoms with Gasteiger partial charge < -0.3 is 4.98 Å². The van der Waals surface area contributed by atoms with E-state index in [1.165, 1.54) is 86.5 Å². The molecular weight excluding hydrogens is 515 g/mol. The number of hydrogen-bond acceptors (Lipinski definition) is 1. The van der Waals surface area contributed by atoms with Crippen LogP contribution < -0.4 is 0 Å². The Bertz CT molecular complexity index is 2350. The van der Waals surface area contributed by atoms with Crippen molar-refractivity contribution in [3.8, 4) is 33.4 Å². The molecule has 9 rings (SSSR count). The molecule has 6 aromatic carbocycles. The fourth-order valence-corrected chi connectivity index (χ4v) is 8.61. The van der Waals surface area contributed by atoms with Gasteiger partial charge in [0.2, 0.25) is 0 Å². The normalized spacial score (nSPS) is 13.8. The third kappa shape index (κ3) is 3.11. The molecule has 0 aliphatic heterocycles. The summed E-state index contributed by atoms with van der Waals surface area (Å²) in [6.07, 6.45) is 0. The summed E-state index contributed by atoms with van der Waals surface area (Å²) in [4.78, 5) is 3.72. The molecule has 194 valence electrons. The Morgan fingerprint density at radius 2 is 1.10 bits per heavy atom. The van der Waals surface area contributed by atoms with Gasteiger partial charge in [-0.15, -0.1) is 11.3 Å². The van der Waals surface area contributed by atoms with E-state index in [4.69, 9.17) is 0 Å². The molecule has 0 fully saturated rings. The number of H-pyrrole nitrogens is 1. The Morgan fingerprint density at radius 1 is 0.488 bits per heavy atom. The standard InChI is InChI=1S/C39H27NS/c1-39(2)33-18-5-3-10-25(33)32-22-23(20-21-34(32)39)24-12-7-16-30-31-17-9-15-29(38(31)41-37(24)30)28-14-8-13-27-26-11-4-6-19-35(26)40-36(27)28/h3-22,40H,1-2H3. The summed E-state index contributed by atoms with van der Waals surface area (Å²) in [5, 5.41) is 5.20. The van der Waals surface area contributed by atoms with Gasteiger partial charge in [-0.3, -0.25) is 0 Å². The van der Waals surface area contributed by atoms with Crippen LogP contribution in [-0.2, 0) is 5.41 Å². The maximum atomic E-state index is 3.72. The van der Waals surface area contributed by atoms with Crippen molar-refractivity contribution in [2.75, 3.05) is 0 Å². The molecule has 1 nitrogen and oxygen atoms in total. The molecule has 1 N–H and O–H groups in total. The summed E-state index contributed by atoms with van der Waals surface area (Å²) in [6, 6.07) is 44.9. The maximum absolute atomic E-state index is 3.72. The summed E-state index contributed by atoms with van der Waals surface area (Å²) >= 11 is 1.92. The van der Waals surface area contributed by atoms with Crippen molar-refractivity contribution in [3.63, 3.8) is 0 Å². The van der Waals surface area contributed by atoms with Crippen LogP contribution in [0.5, 0.6) is 0 Å². The highest BCUT2D eigenvalue weighted by Gasteiger charge is 2.35. The average Bonchev–Trinajstić information content (AvgIpc) is 3.65. The van der Waals surface area contributed by atoms with E-state index < -0.39 is 0 Å². The van der Waals surface area contributed by atoms with Crippen LogP contribution in [0.15, 0.2) is 121 Å². The summed E-state index contributed by atoms with van der Waals surface area (Å²) in [6.45, 7) is 4.69. The van der Waals surface area contributed by atoms with E-state index in [0.29, 0.717) is 0 Å². The summed E-state index contributed by atoms with van der Waals surface area (Å²) in [5.74, 6) is 0. The Kier molecular flexibility index (Phi) is 4.61. The van der Waals surface area contributed by atoms with Gasteiger partial charge in [0.1, 0.15) is 0 Å². The number of thiophene rings is 1. The van der Waals surface area contributed by atoms with Crippen LogP contribution >= 0.6 is 11.3 Å². The first kappa shape index (κ1) is 23.1. The molecule has 1 aliphatic carbocycles. The van der Waals surface area contributed by atoms with Crippen molar-refractivity contribution in [1.29, 1.82) is 0 Å². The zero-order chi connectivity index (χ0) is 27.3. The van der Waals surface area contributed by atoms with Crippen LogP contribution in [0, 0.1) is 0 Å². The molecule has 0 saturated heterocycles. The highest BCUT2D eigenvalue weighted by Crippen LogP contribution is 2.51. The second-order valence-electron chi connectivity index (χ2n) is 11.8. The number of benzene rings is 6. The molecule has 0 radical (unpaired) electrons. The topological polar surface area (TPSA) is 15.8 Å². The Balaban J connectivity index is 1.28. The number of nitrogens with one attached hydrogen (secondary N) is 1. The van der Waals surface area contributed by atoms with E-state index in [2.05, 4.69) is 140 Å². The van der Waals surface area contributed by atoms with E-state index in [9.17, 15) is 0 Å². The van der Waals surface area contributed by atoms with Gasteiger partial charge in [-0.2, -0.15) is 0 Å². The smallest absolute Gasteiger partial charge is 0.0545 e. The molecule has 8 aromatic rings. The van der Waals surface area contributed by atoms with E-state index in [0.717, 1.165) is 0 Å². The lowest BCUT2D eigenvalue weighted by Crippen LogP contribution is -2.14. The van der Waals surface area contributed by atoms with Gasteiger partial charge in [-0.1, -0.05) is 123 Å². The first-order valence-corrected chi connectivity index (χ1v) is 15.1. The molecule has 2 heteroatoms. The fourth-order valence-electron chi connectivity index (χ4n) is 7.24. The molecule has 41 heavy (non-hydrogen) atoms. The van der Waals surface area contributed by atoms with Crippen molar-refractivity contribution in [2.45, 2.75) is 19.3 Å². The first-order valence-electron chi connectivity index (χ1n) is 14.3. The van der Waals surface area contributed by atoms with Gasteiger partial charge in [-0.25, -0.2) is 0 Å². The second kappa shape index (κ2) is 8.19. The molecule has 0 amide bonds. The SMILES string of the molecule is CC1(C)c2ccccc2-c2cc(-c3cccc4c3sc3c(-c5cccc6c5[nH]c5ccccc56)cccc34)ccc21. The largest absolute Gasteiger partial charge is 0.354 e. The molecule has 2 heterocycles. The molecule has 1 aliphatic rings. The van der Waals surface area contributed by atoms with Crippen LogP contribution in [0.2, 0.25) is 0 Å². The van der Waals surface area contributed by atoms with Crippen molar-refractivity contribution >= 4 is 53.3 Å². The lowest BCUT2D eigenvalue weighted by Gasteiger charge is -2.21. The average molecular weight is 542 g/mol. The highest BCUT2D eigenvalue weighted by molar-refractivity contribution is 7.26. The zero-order valence-corrected chi connectivity index (χ0v) is 23.8. The summed E-state index contributed by atoms with van der Waals surface area (Å²) < 4.78 is 2.69. The van der Waals surface area contributed by atoms with Crippen LogP contribution in [0.1, 0.15) is 25.0 Å². The van der Waals surface area contributed by atoms with Crippen molar-refractivity contribution in [1.82, 2.24) is 4.98 Å². The third-order valence-corrected chi connectivity index (χ3v) is 10.5. The van der Waals surface area contributed by atoms with Crippen LogP contribution in [-0.4, -0.2) is 4.98 Å². The number of aromatic amines is 1. The Morgan fingerprint density at radius 3 is 1.95 bits per heavy atom. The van der Waals surface area contributed by atoms with E-state index in [1.807, 2.05) is 11.3 Å². The number of rotatable bonds is 2. The van der Waals surface area contributed by atoms with Gasteiger partial charge in [0.15, 0.2) is 0 Å². The monoisotopic (exact) mass is 541 g/mol.